The number of fused-ring (bicyclic) bond motifs is 1. The summed E-state index contributed by atoms with van der Waals surface area (Å²) in [6.45, 7) is 3.17. The molecule has 88 valence electrons. The van der Waals surface area contributed by atoms with Crippen molar-refractivity contribution in [1.82, 2.24) is 14.8 Å². The zero-order valence-corrected chi connectivity index (χ0v) is 10.6. The number of nitrogens with zero attached hydrogens (tertiary/aromatic N) is 3. The Morgan fingerprint density at radius 3 is 3.12 bits per heavy atom. The number of benzene rings is 1. The monoisotopic (exact) mass is 247 g/mol. The highest BCUT2D eigenvalue weighted by molar-refractivity contribution is 7.99. The summed E-state index contributed by atoms with van der Waals surface area (Å²) in [5, 5.41) is 10.1. The number of ether oxygens (including phenoxy) is 1. The fourth-order valence-corrected chi connectivity index (χ4v) is 2.95. The van der Waals surface area contributed by atoms with Gasteiger partial charge < -0.3 is 9.30 Å². The molecule has 1 aromatic carbocycles. The van der Waals surface area contributed by atoms with Gasteiger partial charge in [0.25, 0.3) is 0 Å². The number of hydrogen-bond donors (Lipinski definition) is 0. The van der Waals surface area contributed by atoms with E-state index in [-0.39, 0.29) is 0 Å². The van der Waals surface area contributed by atoms with Crippen molar-refractivity contribution in [2.45, 2.75) is 23.9 Å². The minimum absolute atomic E-state index is 0.574. The van der Waals surface area contributed by atoms with Crippen molar-refractivity contribution in [2.24, 2.45) is 0 Å². The van der Waals surface area contributed by atoms with Crippen molar-refractivity contribution in [3.8, 4) is 17.1 Å². The molecule has 2 aromatic rings. The number of methoxy groups -OCH3 is 1. The molecular formula is C12H13N3OS. The summed E-state index contributed by atoms with van der Waals surface area (Å²) < 4.78 is 7.40. The number of thioether (sulfide) groups is 1. The Morgan fingerprint density at radius 1 is 1.41 bits per heavy atom. The number of hydrogen-bond acceptors (Lipinski definition) is 4. The third kappa shape index (κ3) is 1.80. The second-order valence-electron chi connectivity index (χ2n) is 4.08. The van der Waals surface area contributed by atoms with Crippen LogP contribution in [0.25, 0.3) is 11.4 Å². The highest BCUT2D eigenvalue weighted by Crippen LogP contribution is 2.34. The zero-order chi connectivity index (χ0) is 11.8. The first-order valence-electron chi connectivity index (χ1n) is 5.52. The predicted molar refractivity (Wildman–Crippen MR) is 67.3 cm³/mol. The maximum Gasteiger partial charge on any atom is 0.191 e. The van der Waals surface area contributed by atoms with Gasteiger partial charge in [-0.3, -0.25) is 0 Å². The Kier molecular flexibility index (Phi) is 2.55. The first-order valence-corrected chi connectivity index (χ1v) is 6.40. The van der Waals surface area contributed by atoms with E-state index in [0.29, 0.717) is 5.25 Å². The lowest BCUT2D eigenvalue weighted by atomic mass is 10.2. The molecule has 0 radical (unpaired) electrons. The van der Waals surface area contributed by atoms with E-state index in [1.54, 1.807) is 18.9 Å². The summed E-state index contributed by atoms with van der Waals surface area (Å²) in [4.78, 5) is 0. The molecular weight excluding hydrogens is 234 g/mol. The molecule has 3 rings (SSSR count). The zero-order valence-electron chi connectivity index (χ0n) is 9.75. The largest absolute Gasteiger partial charge is 0.497 e. The molecule has 0 unspecified atom stereocenters. The third-order valence-electron chi connectivity index (χ3n) is 2.79. The molecule has 1 aromatic heterocycles. The average molecular weight is 247 g/mol. The third-order valence-corrected chi connectivity index (χ3v) is 3.86. The Morgan fingerprint density at radius 2 is 2.29 bits per heavy atom. The second-order valence-corrected chi connectivity index (χ2v) is 5.48. The summed E-state index contributed by atoms with van der Waals surface area (Å²) in [5.41, 5.74) is 1.05. The van der Waals surface area contributed by atoms with E-state index in [4.69, 9.17) is 4.74 Å². The summed E-state index contributed by atoms with van der Waals surface area (Å²) >= 11 is 1.77. The molecule has 1 atom stereocenters. The molecule has 2 heterocycles. The lowest BCUT2D eigenvalue weighted by Crippen LogP contribution is -2.02. The smallest absolute Gasteiger partial charge is 0.191 e. The molecule has 0 spiro atoms. The summed E-state index contributed by atoms with van der Waals surface area (Å²) in [7, 11) is 1.67. The first kappa shape index (κ1) is 10.7. The Balaban J connectivity index is 2.04. The molecule has 0 fully saturated rings. The van der Waals surface area contributed by atoms with Crippen LogP contribution in [0.3, 0.4) is 0 Å². The van der Waals surface area contributed by atoms with Crippen LogP contribution in [0.4, 0.5) is 0 Å². The molecule has 1 aliphatic rings. The Hall–Kier alpha value is -1.49. The van der Waals surface area contributed by atoms with Crippen LogP contribution in [0.15, 0.2) is 29.4 Å². The molecule has 17 heavy (non-hydrogen) atoms. The van der Waals surface area contributed by atoms with Crippen LogP contribution in [0, 0.1) is 0 Å². The fraction of sp³-hybridized carbons (Fsp3) is 0.333. The minimum Gasteiger partial charge on any atom is -0.497 e. The summed E-state index contributed by atoms with van der Waals surface area (Å²) in [6.07, 6.45) is 0. The van der Waals surface area contributed by atoms with Gasteiger partial charge in [0, 0.05) is 17.4 Å². The van der Waals surface area contributed by atoms with Gasteiger partial charge in [0.2, 0.25) is 0 Å². The van der Waals surface area contributed by atoms with Crippen molar-refractivity contribution in [3.63, 3.8) is 0 Å². The van der Waals surface area contributed by atoms with Gasteiger partial charge in [-0.15, -0.1) is 10.2 Å². The van der Waals surface area contributed by atoms with Gasteiger partial charge in [0.05, 0.1) is 7.11 Å². The van der Waals surface area contributed by atoms with Gasteiger partial charge in [0.15, 0.2) is 11.0 Å². The lowest BCUT2D eigenvalue weighted by Gasteiger charge is -2.05. The normalized spacial score (nSPS) is 18.1. The molecule has 5 heteroatoms. The van der Waals surface area contributed by atoms with Crippen LogP contribution in [0.5, 0.6) is 5.75 Å². The van der Waals surface area contributed by atoms with Gasteiger partial charge in [-0.25, -0.2) is 0 Å². The van der Waals surface area contributed by atoms with E-state index >= 15 is 0 Å². The van der Waals surface area contributed by atoms with E-state index in [2.05, 4.69) is 21.7 Å². The minimum atomic E-state index is 0.574. The van der Waals surface area contributed by atoms with Crippen LogP contribution < -0.4 is 4.74 Å². The van der Waals surface area contributed by atoms with Gasteiger partial charge in [-0.1, -0.05) is 30.8 Å². The maximum atomic E-state index is 5.23. The standard InChI is InChI=1S/C12H13N3OS/c1-8-7-15-11(13-14-12(15)17-8)9-4-3-5-10(6-9)16-2/h3-6,8H,7H2,1-2H3/t8-/m1/s1. The van der Waals surface area contributed by atoms with Crippen LogP contribution in [0.2, 0.25) is 0 Å². The quantitative estimate of drug-likeness (QED) is 0.817. The average Bonchev–Trinajstić information content (AvgIpc) is 2.87. The Bertz CT molecular complexity index is 552. The first-order chi connectivity index (χ1) is 8.28. The fourth-order valence-electron chi connectivity index (χ4n) is 1.99. The molecule has 0 saturated carbocycles. The summed E-state index contributed by atoms with van der Waals surface area (Å²) in [5.74, 6) is 1.77. The highest BCUT2D eigenvalue weighted by atomic mass is 32.2. The van der Waals surface area contributed by atoms with Crippen LogP contribution >= 0.6 is 11.8 Å². The van der Waals surface area contributed by atoms with Crippen molar-refractivity contribution in [2.75, 3.05) is 7.11 Å². The van der Waals surface area contributed by atoms with Gasteiger partial charge in [-0.05, 0) is 12.1 Å². The van der Waals surface area contributed by atoms with Crippen LogP contribution in [-0.4, -0.2) is 27.1 Å². The van der Waals surface area contributed by atoms with Crippen LogP contribution in [-0.2, 0) is 6.54 Å². The number of rotatable bonds is 2. The SMILES string of the molecule is COc1cccc(-c2nnc3n2C[C@@H](C)S3)c1. The van der Waals surface area contributed by atoms with Crippen molar-refractivity contribution in [1.29, 1.82) is 0 Å². The van der Waals surface area contributed by atoms with Gasteiger partial charge >= 0.3 is 0 Å². The molecule has 1 aliphatic heterocycles. The molecule has 0 bridgehead atoms. The van der Waals surface area contributed by atoms with E-state index < -0.39 is 0 Å². The van der Waals surface area contributed by atoms with E-state index in [9.17, 15) is 0 Å². The molecule has 0 aliphatic carbocycles. The molecule has 0 amide bonds. The number of aromatic nitrogens is 3. The van der Waals surface area contributed by atoms with Crippen molar-refractivity contribution >= 4 is 11.8 Å². The topological polar surface area (TPSA) is 39.9 Å². The van der Waals surface area contributed by atoms with Gasteiger partial charge in [-0.2, -0.15) is 0 Å². The Labute approximate surface area is 104 Å². The van der Waals surface area contributed by atoms with E-state index in [0.717, 1.165) is 28.8 Å². The molecule has 4 nitrogen and oxygen atoms in total. The van der Waals surface area contributed by atoms with Crippen molar-refractivity contribution in [3.05, 3.63) is 24.3 Å². The lowest BCUT2D eigenvalue weighted by molar-refractivity contribution is 0.415. The molecule has 0 saturated heterocycles. The maximum absolute atomic E-state index is 5.23. The highest BCUT2D eigenvalue weighted by Gasteiger charge is 2.24. The van der Waals surface area contributed by atoms with Gasteiger partial charge in [0.1, 0.15) is 5.75 Å². The van der Waals surface area contributed by atoms with E-state index in [1.807, 2.05) is 24.3 Å². The molecule has 0 N–H and O–H groups in total. The van der Waals surface area contributed by atoms with Crippen LogP contribution in [0.1, 0.15) is 6.92 Å². The second kappa shape index (κ2) is 4.07. The van der Waals surface area contributed by atoms with E-state index in [1.165, 1.54) is 0 Å². The predicted octanol–water partition coefficient (Wildman–Crippen LogP) is 2.45. The van der Waals surface area contributed by atoms with Crippen molar-refractivity contribution < 1.29 is 4.74 Å². The summed E-state index contributed by atoms with van der Waals surface area (Å²) in [6, 6.07) is 7.93.